The Bertz CT molecular complexity index is 1060. The van der Waals surface area contributed by atoms with Gasteiger partial charge in [0, 0.05) is 32.2 Å². The fourth-order valence-corrected chi connectivity index (χ4v) is 3.36. The summed E-state index contributed by atoms with van der Waals surface area (Å²) in [7, 11) is 0. The van der Waals surface area contributed by atoms with Gasteiger partial charge in [-0.25, -0.2) is 0 Å². The van der Waals surface area contributed by atoms with Crippen LogP contribution in [0.4, 0.5) is 0 Å². The quantitative estimate of drug-likeness (QED) is 0.444. The van der Waals surface area contributed by atoms with Crippen LogP contribution in [0.25, 0.3) is 21.8 Å². The van der Waals surface area contributed by atoms with Crippen molar-refractivity contribution in [2.45, 2.75) is 12.8 Å². The Morgan fingerprint density at radius 2 is 1.04 bits per heavy atom. The molecule has 0 spiro atoms. The molecule has 0 radical (unpaired) electrons. The van der Waals surface area contributed by atoms with Crippen molar-refractivity contribution in [1.29, 1.82) is 0 Å². The van der Waals surface area contributed by atoms with Crippen LogP contribution in [-0.4, -0.2) is 9.97 Å². The number of benzene rings is 2. The molecule has 0 amide bonds. The molecule has 27 heavy (non-hydrogen) atoms. The first kappa shape index (κ1) is 19.8. The first-order valence-corrected chi connectivity index (χ1v) is 8.79. The van der Waals surface area contributed by atoms with E-state index >= 15 is 0 Å². The summed E-state index contributed by atoms with van der Waals surface area (Å²) in [5, 5.41) is 26.3. The monoisotopic (exact) mass is 446 g/mol. The number of rotatable bonds is 3. The van der Waals surface area contributed by atoms with Crippen molar-refractivity contribution < 1.29 is 29.7 Å². The summed E-state index contributed by atoms with van der Waals surface area (Å²) in [6.07, 6.45) is 1.18. The van der Waals surface area contributed by atoms with Crippen LogP contribution < -0.4 is 10.2 Å². The fraction of sp³-hybridized carbons (Fsp3) is 0.100. The SMILES string of the molecule is [O-]c1ccc(Cl)c2ccc(CCc3ccc4c(Cl)ccc([O-])c4n3)nc12.[Zn+2]. The van der Waals surface area contributed by atoms with Crippen LogP contribution in [0.15, 0.2) is 48.5 Å². The summed E-state index contributed by atoms with van der Waals surface area (Å²) in [5.41, 5.74) is 2.28. The first-order valence-electron chi connectivity index (χ1n) is 8.03. The second kappa shape index (κ2) is 7.97. The number of aryl methyl sites for hydroxylation is 2. The van der Waals surface area contributed by atoms with Crippen molar-refractivity contribution in [3.05, 3.63) is 70.0 Å². The van der Waals surface area contributed by atoms with Gasteiger partial charge in [-0.1, -0.05) is 46.8 Å². The van der Waals surface area contributed by atoms with E-state index in [0.717, 1.165) is 11.4 Å². The Morgan fingerprint density at radius 1 is 0.630 bits per heavy atom. The van der Waals surface area contributed by atoms with E-state index in [1.54, 1.807) is 12.1 Å². The van der Waals surface area contributed by atoms with E-state index in [0.29, 0.717) is 44.7 Å². The van der Waals surface area contributed by atoms with Gasteiger partial charge in [0.25, 0.3) is 0 Å². The van der Waals surface area contributed by atoms with Crippen molar-refractivity contribution in [2.75, 3.05) is 0 Å². The molecule has 130 valence electrons. The van der Waals surface area contributed by atoms with Gasteiger partial charge in [0.05, 0.1) is 11.0 Å². The van der Waals surface area contributed by atoms with E-state index in [1.165, 1.54) is 12.1 Å². The van der Waals surface area contributed by atoms with Crippen LogP contribution in [0.2, 0.25) is 10.0 Å². The molecular weight excluding hydrogens is 437 g/mol. The summed E-state index contributed by atoms with van der Waals surface area (Å²) >= 11 is 12.2. The Labute approximate surface area is 178 Å². The third-order valence-corrected chi connectivity index (χ3v) is 4.95. The number of fused-ring (bicyclic) bond motifs is 2. The molecule has 4 nitrogen and oxygen atoms in total. The van der Waals surface area contributed by atoms with Crippen molar-refractivity contribution in [1.82, 2.24) is 9.97 Å². The van der Waals surface area contributed by atoms with E-state index in [1.807, 2.05) is 24.3 Å². The molecule has 0 aliphatic heterocycles. The average Bonchev–Trinajstić information content (AvgIpc) is 2.66. The molecule has 2 aromatic carbocycles. The Balaban J connectivity index is 0.00000210. The van der Waals surface area contributed by atoms with Crippen molar-refractivity contribution in [3.8, 4) is 11.5 Å². The van der Waals surface area contributed by atoms with Gasteiger partial charge in [-0.2, -0.15) is 0 Å². The maximum Gasteiger partial charge on any atom is 2.00 e. The number of halogens is 2. The predicted octanol–water partition coefficient (Wildman–Crippen LogP) is 4.02. The number of aromatic nitrogens is 2. The third kappa shape index (κ3) is 3.86. The summed E-state index contributed by atoms with van der Waals surface area (Å²) in [6.45, 7) is 0. The molecule has 7 heteroatoms. The molecular formula is C20H12Cl2N2O2Zn. The molecule has 0 saturated heterocycles. The number of hydrogen-bond donors (Lipinski definition) is 0. The van der Waals surface area contributed by atoms with Crippen LogP contribution in [-0.2, 0) is 32.3 Å². The Morgan fingerprint density at radius 3 is 1.44 bits per heavy atom. The van der Waals surface area contributed by atoms with Gasteiger partial charge < -0.3 is 10.2 Å². The second-order valence-electron chi connectivity index (χ2n) is 5.99. The largest absolute Gasteiger partial charge is 2.00 e. The zero-order valence-corrected chi connectivity index (χ0v) is 18.7. The summed E-state index contributed by atoms with van der Waals surface area (Å²) < 4.78 is 0. The molecule has 0 unspecified atom stereocenters. The van der Waals surface area contributed by atoms with Crippen molar-refractivity contribution >= 4 is 45.0 Å². The zero-order valence-electron chi connectivity index (χ0n) is 14.2. The minimum Gasteiger partial charge on any atom is -0.871 e. The van der Waals surface area contributed by atoms with Crippen LogP contribution in [0, 0.1) is 0 Å². The van der Waals surface area contributed by atoms with Gasteiger partial charge in [-0.3, -0.25) is 9.97 Å². The smallest absolute Gasteiger partial charge is 0.871 e. The maximum atomic E-state index is 12.0. The predicted molar refractivity (Wildman–Crippen MR) is 99.8 cm³/mol. The van der Waals surface area contributed by atoms with Gasteiger partial charge in [0.1, 0.15) is 0 Å². The van der Waals surface area contributed by atoms with Gasteiger partial charge in [-0.15, -0.1) is 0 Å². The minimum atomic E-state index is -0.152. The van der Waals surface area contributed by atoms with Crippen molar-refractivity contribution in [2.24, 2.45) is 0 Å². The maximum absolute atomic E-state index is 12.0. The number of nitrogens with zero attached hydrogens (tertiary/aromatic N) is 2. The van der Waals surface area contributed by atoms with E-state index in [9.17, 15) is 10.2 Å². The molecule has 0 atom stereocenters. The first-order chi connectivity index (χ1) is 12.5. The van der Waals surface area contributed by atoms with Gasteiger partial charge in [0.15, 0.2) is 0 Å². The molecule has 0 saturated carbocycles. The molecule has 0 N–H and O–H groups in total. The fourth-order valence-electron chi connectivity index (χ4n) is 2.93. The summed E-state index contributed by atoms with van der Waals surface area (Å²) in [5.74, 6) is -0.304. The molecule has 2 heterocycles. The van der Waals surface area contributed by atoms with Gasteiger partial charge >= 0.3 is 19.5 Å². The standard InChI is InChI=1S/C20H14Cl2N2O2.Zn/c21-15-7-9-17(25)19-13(15)5-3-11(23-19)1-2-12-4-6-14-16(22)8-10-18(26)20(14)24-12;/h3-10,25-26H,1-2H2;/q;+2/p-2. The zero-order chi connectivity index (χ0) is 18.3. The molecule has 0 bridgehead atoms. The summed E-state index contributed by atoms with van der Waals surface area (Å²) in [6, 6.07) is 13.3. The van der Waals surface area contributed by atoms with Crippen LogP contribution in [0.3, 0.4) is 0 Å². The van der Waals surface area contributed by atoms with E-state index in [2.05, 4.69) is 9.97 Å². The molecule has 4 rings (SSSR count). The van der Waals surface area contributed by atoms with E-state index in [-0.39, 0.29) is 31.0 Å². The third-order valence-electron chi connectivity index (χ3n) is 4.29. The molecule has 0 aliphatic rings. The molecule has 4 aromatic rings. The van der Waals surface area contributed by atoms with Crippen LogP contribution in [0.1, 0.15) is 11.4 Å². The second-order valence-corrected chi connectivity index (χ2v) is 6.80. The van der Waals surface area contributed by atoms with E-state index in [4.69, 9.17) is 23.2 Å². The van der Waals surface area contributed by atoms with Crippen molar-refractivity contribution in [3.63, 3.8) is 0 Å². The molecule has 0 fully saturated rings. The molecule has 0 aliphatic carbocycles. The van der Waals surface area contributed by atoms with Crippen LogP contribution >= 0.6 is 23.2 Å². The van der Waals surface area contributed by atoms with E-state index < -0.39 is 0 Å². The normalized spacial score (nSPS) is 10.9. The van der Waals surface area contributed by atoms with Crippen LogP contribution in [0.5, 0.6) is 11.5 Å². The summed E-state index contributed by atoms with van der Waals surface area (Å²) in [4.78, 5) is 8.87. The minimum absolute atomic E-state index is 0. The van der Waals surface area contributed by atoms with Gasteiger partial charge in [-0.05, 0) is 49.2 Å². The average molecular weight is 449 g/mol. The Hall–Kier alpha value is -1.94. The van der Waals surface area contributed by atoms with Gasteiger partial charge in [0.2, 0.25) is 0 Å². The molecule has 2 aromatic heterocycles. The number of hydrogen-bond acceptors (Lipinski definition) is 4. The Kier molecular flexibility index (Phi) is 5.85. The number of pyridine rings is 2. The topological polar surface area (TPSA) is 71.9 Å².